The van der Waals surface area contributed by atoms with Gasteiger partial charge in [0.1, 0.15) is 28.3 Å². The molecular weight excluding hydrogens is 295 g/mol. The summed E-state index contributed by atoms with van der Waals surface area (Å²) in [5.74, 6) is -0.975. The maximum Gasteiger partial charge on any atom is 0.273 e. The third kappa shape index (κ3) is 2.40. The molecular formula is C13H9FN4O2S. The molecule has 21 heavy (non-hydrogen) atoms. The van der Waals surface area contributed by atoms with Gasteiger partial charge in [0.05, 0.1) is 6.33 Å². The van der Waals surface area contributed by atoms with Crippen molar-refractivity contribution in [3.63, 3.8) is 0 Å². The summed E-state index contributed by atoms with van der Waals surface area (Å²) in [7, 11) is 0. The second kappa shape index (κ2) is 5.06. The van der Waals surface area contributed by atoms with Gasteiger partial charge in [-0.2, -0.15) is 4.37 Å². The molecule has 0 radical (unpaired) electrons. The molecule has 0 aliphatic carbocycles. The van der Waals surface area contributed by atoms with Crippen LogP contribution in [0.5, 0.6) is 0 Å². The monoisotopic (exact) mass is 304 g/mol. The number of amides is 1. The molecule has 6 nitrogen and oxygen atoms in total. The summed E-state index contributed by atoms with van der Waals surface area (Å²) in [6.07, 6.45) is 1.26. The van der Waals surface area contributed by atoms with Gasteiger partial charge in [-0.05, 0) is 35.8 Å². The van der Waals surface area contributed by atoms with Crippen LogP contribution in [0, 0.1) is 5.82 Å². The summed E-state index contributed by atoms with van der Waals surface area (Å²) in [6.45, 7) is -0.231. The van der Waals surface area contributed by atoms with Crippen molar-refractivity contribution in [2.45, 2.75) is 6.54 Å². The maximum atomic E-state index is 13.0. The molecule has 2 N–H and O–H groups in total. The van der Waals surface area contributed by atoms with Gasteiger partial charge in [0, 0.05) is 5.56 Å². The van der Waals surface area contributed by atoms with Crippen LogP contribution in [0.1, 0.15) is 0 Å². The zero-order valence-electron chi connectivity index (χ0n) is 10.6. The third-order valence-corrected chi connectivity index (χ3v) is 3.72. The van der Waals surface area contributed by atoms with Gasteiger partial charge in [0.2, 0.25) is 5.91 Å². The number of halogens is 1. The van der Waals surface area contributed by atoms with Crippen LogP contribution in [-0.4, -0.2) is 19.8 Å². The topological polar surface area (TPSA) is 90.9 Å². The number of hydrogen-bond acceptors (Lipinski definition) is 5. The molecule has 2 heterocycles. The number of benzene rings is 1. The number of carbonyl (C=O) groups excluding carboxylic acids is 1. The summed E-state index contributed by atoms with van der Waals surface area (Å²) < 4.78 is 18.6. The molecule has 0 atom stereocenters. The molecule has 0 saturated carbocycles. The molecule has 106 valence electrons. The van der Waals surface area contributed by atoms with E-state index < -0.39 is 5.91 Å². The van der Waals surface area contributed by atoms with Crippen molar-refractivity contribution >= 4 is 27.7 Å². The van der Waals surface area contributed by atoms with E-state index in [1.165, 1.54) is 18.5 Å². The lowest BCUT2D eigenvalue weighted by molar-refractivity contribution is -0.118. The Morgan fingerprint density at radius 1 is 1.33 bits per heavy atom. The number of carbonyl (C=O) groups is 1. The highest BCUT2D eigenvalue weighted by Crippen LogP contribution is 2.27. The van der Waals surface area contributed by atoms with Crippen molar-refractivity contribution in [1.82, 2.24) is 13.9 Å². The van der Waals surface area contributed by atoms with Crippen LogP contribution in [0.2, 0.25) is 0 Å². The third-order valence-electron chi connectivity index (χ3n) is 2.89. The SMILES string of the molecule is NC(=O)Cn1cnc2c(-c3ccc(F)cc3)nsc2c1=O. The fourth-order valence-corrected chi connectivity index (χ4v) is 2.74. The Kier molecular flexibility index (Phi) is 3.22. The number of nitrogens with two attached hydrogens (primary N) is 1. The smallest absolute Gasteiger partial charge is 0.273 e. The second-order valence-electron chi connectivity index (χ2n) is 4.36. The van der Waals surface area contributed by atoms with E-state index in [4.69, 9.17) is 5.73 Å². The Morgan fingerprint density at radius 3 is 2.71 bits per heavy atom. The average molecular weight is 304 g/mol. The van der Waals surface area contributed by atoms with Crippen LogP contribution in [0.15, 0.2) is 35.4 Å². The number of hydrogen-bond donors (Lipinski definition) is 1. The first-order valence-corrected chi connectivity index (χ1v) is 6.72. The second-order valence-corrected chi connectivity index (χ2v) is 5.13. The van der Waals surface area contributed by atoms with E-state index in [0.29, 0.717) is 21.5 Å². The van der Waals surface area contributed by atoms with Crippen LogP contribution in [0.25, 0.3) is 21.5 Å². The Hall–Kier alpha value is -2.61. The van der Waals surface area contributed by atoms with Crippen molar-refractivity contribution < 1.29 is 9.18 Å². The number of primary amides is 1. The molecule has 1 aromatic carbocycles. The highest BCUT2D eigenvalue weighted by Gasteiger charge is 2.14. The van der Waals surface area contributed by atoms with Gasteiger partial charge in [-0.1, -0.05) is 0 Å². The Balaban J connectivity index is 2.15. The van der Waals surface area contributed by atoms with Crippen LogP contribution in [0.3, 0.4) is 0 Å². The molecule has 2 aromatic heterocycles. The molecule has 0 fully saturated rings. The van der Waals surface area contributed by atoms with Gasteiger partial charge in [-0.25, -0.2) is 9.37 Å². The highest BCUT2D eigenvalue weighted by molar-refractivity contribution is 7.13. The first-order valence-electron chi connectivity index (χ1n) is 5.95. The van der Waals surface area contributed by atoms with Crippen molar-refractivity contribution in [1.29, 1.82) is 0 Å². The maximum absolute atomic E-state index is 13.0. The summed E-state index contributed by atoms with van der Waals surface area (Å²) in [5, 5.41) is 0. The molecule has 0 aliphatic rings. The first kappa shape index (κ1) is 13.4. The van der Waals surface area contributed by atoms with Gasteiger partial charge >= 0.3 is 0 Å². The normalized spacial score (nSPS) is 10.9. The van der Waals surface area contributed by atoms with E-state index in [1.54, 1.807) is 12.1 Å². The molecule has 1 amide bonds. The summed E-state index contributed by atoms with van der Waals surface area (Å²) in [6, 6.07) is 5.77. The number of rotatable bonds is 3. The van der Waals surface area contributed by atoms with Crippen molar-refractivity contribution in [2.75, 3.05) is 0 Å². The zero-order chi connectivity index (χ0) is 15.0. The minimum Gasteiger partial charge on any atom is -0.368 e. The summed E-state index contributed by atoms with van der Waals surface area (Å²) >= 11 is 0.989. The van der Waals surface area contributed by atoms with Crippen LogP contribution >= 0.6 is 11.5 Å². The molecule has 8 heteroatoms. The van der Waals surface area contributed by atoms with Gasteiger partial charge in [-0.15, -0.1) is 0 Å². The highest BCUT2D eigenvalue weighted by atomic mass is 32.1. The predicted octanol–water partition coefficient (Wildman–Crippen LogP) is 1.14. The van der Waals surface area contributed by atoms with E-state index in [2.05, 4.69) is 9.36 Å². The van der Waals surface area contributed by atoms with Crippen LogP contribution in [-0.2, 0) is 11.3 Å². The minimum absolute atomic E-state index is 0.231. The standard InChI is InChI=1S/C13H9FN4O2S/c14-8-3-1-7(2-4-8)10-11-12(21-17-10)13(20)18(6-16-11)5-9(15)19/h1-4,6H,5H2,(H2,15,19). The van der Waals surface area contributed by atoms with E-state index >= 15 is 0 Å². The number of fused-ring (bicyclic) bond motifs is 1. The Morgan fingerprint density at radius 2 is 2.05 bits per heavy atom. The minimum atomic E-state index is -0.624. The number of nitrogens with zero attached hydrogens (tertiary/aromatic N) is 3. The lowest BCUT2D eigenvalue weighted by atomic mass is 10.1. The van der Waals surface area contributed by atoms with Gasteiger partial charge in [0.15, 0.2) is 0 Å². The van der Waals surface area contributed by atoms with Crippen molar-refractivity contribution in [3.05, 3.63) is 46.8 Å². The lowest BCUT2D eigenvalue weighted by Crippen LogP contribution is -2.27. The van der Waals surface area contributed by atoms with E-state index in [0.717, 1.165) is 16.1 Å². The molecule has 3 aromatic rings. The van der Waals surface area contributed by atoms with E-state index in [9.17, 15) is 14.0 Å². The zero-order valence-corrected chi connectivity index (χ0v) is 11.4. The van der Waals surface area contributed by atoms with Gasteiger partial charge < -0.3 is 5.73 Å². The largest absolute Gasteiger partial charge is 0.368 e. The summed E-state index contributed by atoms with van der Waals surface area (Å²) in [5.41, 5.74) is 6.31. The molecule has 3 rings (SSSR count). The van der Waals surface area contributed by atoms with Gasteiger partial charge in [0.25, 0.3) is 5.56 Å². The molecule has 0 bridgehead atoms. The average Bonchev–Trinajstić information content (AvgIpc) is 2.87. The molecule has 0 spiro atoms. The van der Waals surface area contributed by atoms with E-state index in [-0.39, 0.29) is 17.9 Å². The van der Waals surface area contributed by atoms with E-state index in [1.807, 2.05) is 0 Å². The molecule has 0 saturated heterocycles. The van der Waals surface area contributed by atoms with Crippen LogP contribution in [0.4, 0.5) is 4.39 Å². The number of aromatic nitrogens is 3. The van der Waals surface area contributed by atoms with Crippen LogP contribution < -0.4 is 11.3 Å². The lowest BCUT2D eigenvalue weighted by Gasteiger charge is -2.02. The predicted molar refractivity (Wildman–Crippen MR) is 76.3 cm³/mol. The van der Waals surface area contributed by atoms with Crippen molar-refractivity contribution in [2.24, 2.45) is 5.73 Å². The summed E-state index contributed by atoms with van der Waals surface area (Å²) in [4.78, 5) is 27.3. The quantitative estimate of drug-likeness (QED) is 0.785. The van der Waals surface area contributed by atoms with Crippen molar-refractivity contribution in [3.8, 4) is 11.3 Å². The fraction of sp³-hybridized carbons (Fsp3) is 0.0769. The first-order chi connectivity index (χ1) is 10.1. The van der Waals surface area contributed by atoms with Gasteiger partial charge in [-0.3, -0.25) is 14.2 Å². The fourth-order valence-electron chi connectivity index (χ4n) is 1.93. The molecule has 0 aliphatic heterocycles. The Labute approximate surface area is 121 Å². The molecule has 0 unspecified atom stereocenters. The Bertz CT molecular complexity index is 885.